The molecule has 1 aromatic rings. The molecule has 0 amide bonds. The minimum absolute atomic E-state index is 0.116. The van der Waals surface area contributed by atoms with E-state index in [0.717, 1.165) is 25.1 Å². The molecule has 0 saturated carbocycles. The van der Waals surface area contributed by atoms with E-state index in [1.807, 2.05) is 0 Å². The molecule has 4 nitrogen and oxygen atoms in total. The summed E-state index contributed by atoms with van der Waals surface area (Å²) in [6, 6.07) is 5.48. The zero-order chi connectivity index (χ0) is 12.4. The van der Waals surface area contributed by atoms with E-state index in [0.29, 0.717) is 6.04 Å². The number of benzene rings is 1. The molecule has 94 valence electrons. The maximum atomic E-state index is 9.50. The van der Waals surface area contributed by atoms with Crippen LogP contribution in [-0.4, -0.2) is 41.3 Å². The standard InChI is InChI=1S/C13H20N2O2/c1-9(15(2)11-3-4-14-8-11)10-5-12(16)7-13(17)6-10/h5-7,9,11,14,16-17H,3-4,8H2,1-2H3. The highest BCUT2D eigenvalue weighted by Crippen LogP contribution is 2.29. The van der Waals surface area contributed by atoms with Crippen LogP contribution in [-0.2, 0) is 0 Å². The molecule has 0 radical (unpaired) electrons. The number of hydrogen-bond acceptors (Lipinski definition) is 4. The smallest absolute Gasteiger partial charge is 0.119 e. The quantitative estimate of drug-likeness (QED) is 0.743. The minimum atomic E-state index is 0.116. The molecule has 1 heterocycles. The van der Waals surface area contributed by atoms with Crippen LogP contribution in [0.15, 0.2) is 18.2 Å². The van der Waals surface area contributed by atoms with Crippen LogP contribution >= 0.6 is 0 Å². The zero-order valence-electron chi connectivity index (χ0n) is 10.3. The van der Waals surface area contributed by atoms with Crippen molar-refractivity contribution in [1.29, 1.82) is 0 Å². The van der Waals surface area contributed by atoms with Crippen LogP contribution < -0.4 is 5.32 Å². The van der Waals surface area contributed by atoms with Crippen molar-refractivity contribution in [3.63, 3.8) is 0 Å². The summed E-state index contributed by atoms with van der Waals surface area (Å²) in [5.74, 6) is 0.231. The molecule has 1 aliphatic heterocycles. The molecule has 3 N–H and O–H groups in total. The molecular weight excluding hydrogens is 216 g/mol. The largest absolute Gasteiger partial charge is 0.508 e. The van der Waals surface area contributed by atoms with E-state index in [1.165, 1.54) is 6.07 Å². The van der Waals surface area contributed by atoms with Gasteiger partial charge in [0.15, 0.2) is 0 Å². The highest BCUT2D eigenvalue weighted by atomic mass is 16.3. The van der Waals surface area contributed by atoms with Gasteiger partial charge in [0, 0.05) is 24.7 Å². The van der Waals surface area contributed by atoms with Gasteiger partial charge in [-0.15, -0.1) is 0 Å². The fraction of sp³-hybridized carbons (Fsp3) is 0.538. The maximum Gasteiger partial charge on any atom is 0.119 e. The molecule has 2 atom stereocenters. The molecule has 1 aromatic carbocycles. The molecule has 1 saturated heterocycles. The molecule has 17 heavy (non-hydrogen) atoms. The summed E-state index contributed by atoms with van der Waals surface area (Å²) < 4.78 is 0. The lowest BCUT2D eigenvalue weighted by atomic mass is 10.0. The Morgan fingerprint density at radius 1 is 1.29 bits per heavy atom. The second-order valence-corrected chi connectivity index (χ2v) is 4.77. The Labute approximate surface area is 102 Å². The first-order valence-electron chi connectivity index (χ1n) is 6.03. The van der Waals surface area contributed by atoms with Crippen LogP contribution in [0.1, 0.15) is 24.9 Å². The molecule has 2 unspecified atom stereocenters. The molecule has 0 aromatic heterocycles. The third-order valence-corrected chi connectivity index (χ3v) is 3.63. The number of phenols is 2. The van der Waals surface area contributed by atoms with Gasteiger partial charge in [-0.3, -0.25) is 4.90 Å². The number of nitrogens with zero attached hydrogens (tertiary/aromatic N) is 1. The van der Waals surface area contributed by atoms with Crippen molar-refractivity contribution in [3.8, 4) is 11.5 Å². The summed E-state index contributed by atoms with van der Waals surface area (Å²) >= 11 is 0. The van der Waals surface area contributed by atoms with Gasteiger partial charge < -0.3 is 15.5 Å². The van der Waals surface area contributed by atoms with Gasteiger partial charge in [0.05, 0.1) is 0 Å². The first-order chi connectivity index (χ1) is 8.08. The SMILES string of the molecule is CC(c1cc(O)cc(O)c1)N(C)C1CCNC1. The number of nitrogens with one attached hydrogen (secondary N) is 1. The van der Waals surface area contributed by atoms with Gasteiger partial charge in [-0.1, -0.05) is 0 Å². The number of aromatic hydroxyl groups is 2. The van der Waals surface area contributed by atoms with Gasteiger partial charge in [-0.05, 0) is 44.6 Å². The van der Waals surface area contributed by atoms with E-state index in [1.54, 1.807) is 12.1 Å². The fourth-order valence-electron chi connectivity index (χ4n) is 2.40. The lowest BCUT2D eigenvalue weighted by molar-refractivity contribution is 0.196. The van der Waals surface area contributed by atoms with Gasteiger partial charge in [-0.25, -0.2) is 0 Å². The summed E-state index contributed by atoms with van der Waals surface area (Å²) in [6.07, 6.45) is 1.14. The van der Waals surface area contributed by atoms with Crippen LogP contribution in [0.25, 0.3) is 0 Å². The van der Waals surface area contributed by atoms with Crippen LogP contribution in [0.3, 0.4) is 0 Å². The summed E-state index contributed by atoms with van der Waals surface area (Å²) in [6.45, 7) is 4.16. The third kappa shape index (κ3) is 2.70. The van der Waals surface area contributed by atoms with E-state index in [-0.39, 0.29) is 17.5 Å². The highest BCUT2D eigenvalue weighted by Gasteiger charge is 2.24. The number of likely N-dealkylation sites (N-methyl/N-ethyl adjacent to an activating group) is 1. The van der Waals surface area contributed by atoms with Gasteiger partial charge >= 0.3 is 0 Å². The Morgan fingerprint density at radius 2 is 1.94 bits per heavy atom. The number of rotatable bonds is 3. The highest BCUT2D eigenvalue weighted by molar-refractivity contribution is 5.38. The molecule has 0 aliphatic carbocycles. The Kier molecular flexibility index (Phi) is 3.54. The summed E-state index contributed by atoms with van der Waals surface area (Å²) in [5, 5.41) is 22.3. The van der Waals surface area contributed by atoms with Gasteiger partial charge in [0.25, 0.3) is 0 Å². The molecule has 4 heteroatoms. The number of phenolic OH excluding ortho intramolecular Hbond substituents is 2. The normalized spacial score (nSPS) is 21.9. The van der Waals surface area contributed by atoms with Crippen molar-refractivity contribution in [2.45, 2.75) is 25.4 Å². The Bertz CT molecular complexity index is 369. The average molecular weight is 236 g/mol. The molecule has 1 aliphatic rings. The van der Waals surface area contributed by atoms with Gasteiger partial charge in [0.1, 0.15) is 11.5 Å². The number of hydrogen-bond donors (Lipinski definition) is 3. The Hall–Kier alpha value is -1.26. The van der Waals surface area contributed by atoms with Crippen molar-refractivity contribution < 1.29 is 10.2 Å². The van der Waals surface area contributed by atoms with Crippen molar-refractivity contribution in [2.75, 3.05) is 20.1 Å². The topological polar surface area (TPSA) is 55.7 Å². The molecule has 0 bridgehead atoms. The average Bonchev–Trinajstić information content (AvgIpc) is 2.79. The second kappa shape index (κ2) is 4.94. The van der Waals surface area contributed by atoms with E-state index in [4.69, 9.17) is 0 Å². The Balaban J connectivity index is 2.14. The van der Waals surface area contributed by atoms with Crippen molar-refractivity contribution >= 4 is 0 Å². The van der Waals surface area contributed by atoms with Crippen LogP contribution in [0.5, 0.6) is 11.5 Å². The van der Waals surface area contributed by atoms with Gasteiger partial charge in [-0.2, -0.15) is 0 Å². The summed E-state index contributed by atoms with van der Waals surface area (Å²) in [5.41, 5.74) is 0.942. The van der Waals surface area contributed by atoms with E-state index in [9.17, 15) is 10.2 Å². The monoisotopic (exact) mass is 236 g/mol. The van der Waals surface area contributed by atoms with Crippen LogP contribution in [0.4, 0.5) is 0 Å². The van der Waals surface area contributed by atoms with E-state index < -0.39 is 0 Å². The molecular formula is C13H20N2O2. The van der Waals surface area contributed by atoms with Crippen LogP contribution in [0, 0.1) is 0 Å². The first kappa shape index (κ1) is 12.2. The van der Waals surface area contributed by atoms with Crippen molar-refractivity contribution in [2.24, 2.45) is 0 Å². The van der Waals surface area contributed by atoms with Crippen molar-refractivity contribution in [3.05, 3.63) is 23.8 Å². The van der Waals surface area contributed by atoms with Crippen molar-refractivity contribution in [1.82, 2.24) is 10.2 Å². The first-order valence-corrected chi connectivity index (χ1v) is 6.03. The van der Waals surface area contributed by atoms with E-state index >= 15 is 0 Å². The summed E-state index contributed by atoms with van der Waals surface area (Å²) in [4.78, 5) is 2.29. The predicted octanol–water partition coefficient (Wildman–Crippen LogP) is 1.45. The Morgan fingerprint density at radius 3 is 2.47 bits per heavy atom. The zero-order valence-corrected chi connectivity index (χ0v) is 10.3. The minimum Gasteiger partial charge on any atom is -0.508 e. The lowest BCUT2D eigenvalue weighted by Crippen LogP contribution is -2.35. The second-order valence-electron chi connectivity index (χ2n) is 4.77. The maximum absolute atomic E-state index is 9.50. The third-order valence-electron chi connectivity index (χ3n) is 3.63. The summed E-state index contributed by atoms with van der Waals surface area (Å²) in [7, 11) is 2.09. The van der Waals surface area contributed by atoms with Gasteiger partial charge in [0.2, 0.25) is 0 Å². The van der Waals surface area contributed by atoms with Crippen LogP contribution in [0.2, 0.25) is 0 Å². The molecule has 1 fully saturated rings. The predicted molar refractivity (Wildman–Crippen MR) is 67.2 cm³/mol. The fourth-order valence-corrected chi connectivity index (χ4v) is 2.40. The molecule has 2 rings (SSSR count). The molecule has 0 spiro atoms. The lowest BCUT2D eigenvalue weighted by Gasteiger charge is -2.30. The van der Waals surface area contributed by atoms with E-state index in [2.05, 4.69) is 24.2 Å².